The van der Waals surface area contributed by atoms with Gasteiger partial charge in [-0.2, -0.15) is 0 Å². The van der Waals surface area contributed by atoms with Gasteiger partial charge in [0.05, 0.1) is 13.7 Å². The van der Waals surface area contributed by atoms with Crippen LogP contribution in [0.15, 0.2) is 18.2 Å². The molecular formula is C12H15NO3. The highest BCUT2D eigenvalue weighted by atomic mass is 16.5. The first-order valence-corrected chi connectivity index (χ1v) is 5.27. The lowest BCUT2D eigenvalue weighted by molar-refractivity contribution is -0.143. The van der Waals surface area contributed by atoms with E-state index in [2.05, 4.69) is 5.32 Å². The predicted octanol–water partition coefficient (Wildman–Crippen LogP) is 1.05. The number of methoxy groups -OCH3 is 1. The number of carbonyl (C=O) groups excluding carboxylic acids is 1. The van der Waals surface area contributed by atoms with Gasteiger partial charge in [-0.1, -0.05) is 6.07 Å². The average molecular weight is 221 g/mol. The average Bonchev–Trinajstić information content (AvgIpc) is 2.77. The van der Waals surface area contributed by atoms with E-state index < -0.39 is 6.04 Å². The van der Waals surface area contributed by atoms with Crippen LogP contribution in [0.1, 0.15) is 17.2 Å². The van der Waals surface area contributed by atoms with Crippen LogP contribution < -0.4 is 10.1 Å². The fourth-order valence-electron chi connectivity index (χ4n) is 1.92. The van der Waals surface area contributed by atoms with Gasteiger partial charge in [-0.15, -0.1) is 0 Å². The lowest BCUT2D eigenvalue weighted by atomic mass is 10.0. The summed E-state index contributed by atoms with van der Waals surface area (Å²) in [4.78, 5) is 11.5. The summed E-state index contributed by atoms with van der Waals surface area (Å²) in [5.41, 5.74) is 2.07. The van der Waals surface area contributed by atoms with Crippen LogP contribution in [0, 0.1) is 0 Å². The number of esters is 1. The molecule has 4 nitrogen and oxygen atoms in total. The monoisotopic (exact) mass is 221 g/mol. The number of nitrogens with one attached hydrogen (secondary N) is 1. The second kappa shape index (κ2) is 4.53. The van der Waals surface area contributed by atoms with E-state index in [0.717, 1.165) is 29.9 Å². The van der Waals surface area contributed by atoms with E-state index in [1.165, 1.54) is 7.11 Å². The molecule has 16 heavy (non-hydrogen) atoms. The Morgan fingerprint density at radius 3 is 3.06 bits per heavy atom. The molecule has 0 radical (unpaired) electrons. The third kappa shape index (κ3) is 1.88. The highest BCUT2D eigenvalue weighted by molar-refractivity contribution is 5.77. The Bertz CT molecular complexity index is 403. The van der Waals surface area contributed by atoms with Crippen molar-refractivity contribution >= 4 is 5.97 Å². The van der Waals surface area contributed by atoms with Gasteiger partial charge in [0.2, 0.25) is 0 Å². The Morgan fingerprint density at radius 1 is 1.56 bits per heavy atom. The molecule has 0 aromatic heterocycles. The van der Waals surface area contributed by atoms with Crippen LogP contribution in [-0.2, 0) is 16.0 Å². The normalized spacial score (nSPS) is 15.1. The molecule has 1 aromatic rings. The summed E-state index contributed by atoms with van der Waals surface area (Å²) in [7, 11) is 3.13. The second-order valence-corrected chi connectivity index (χ2v) is 3.71. The molecule has 0 aliphatic carbocycles. The van der Waals surface area contributed by atoms with Crippen LogP contribution in [-0.4, -0.2) is 26.7 Å². The van der Waals surface area contributed by atoms with Gasteiger partial charge in [0.15, 0.2) is 0 Å². The molecule has 1 heterocycles. The van der Waals surface area contributed by atoms with Crippen molar-refractivity contribution in [2.75, 3.05) is 20.8 Å². The molecule has 4 heteroatoms. The Hall–Kier alpha value is -1.55. The fourth-order valence-corrected chi connectivity index (χ4v) is 1.92. The SMILES string of the molecule is CNC(C(=O)OC)c1ccc2c(c1)CCO2. The molecule has 0 bridgehead atoms. The molecule has 1 atom stereocenters. The minimum absolute atomic E-state index is 0.277. The van der Waals surface area contributed by atoms with Gasteiger partial charge < -0.3 is 14.8 Å². The minimum atomic E-state index is -0.407. The highest BCUT2D eigenvalue weighted by Crippen LogP contribution is 2.28. The smallest absolute Gasteiger partial charge is 0.327 e. The number of benzene rings is 1. The van der Waals surface area contributed by atoms with E-state index in [9.17, 15) is 4.79 Å². The predicted molar refractivity (Wildman–Crippen MR) is 59.5 cm³/mol. The van der Waals surface area contributed by atoms with E-state index in [0.29, 0.717) is 0 Å². The maximum absolute atomic E-state index is 11.5. The van der Waals surface area contributed by atoms with Gasteiger partial charge in [-0.3, -0.25) is 0 Å². The second-order valence-electron chi connectivity index (χ2n) is 3.71. The van der Waals surface area contributed by atoms with Crippen molar-refractivity contribution in [2.45, 2.75) is 12.5 Å². The van der Waals surface area contributed by atoms with Crippen LogP contribution >= 0.6 is 0 Å². The van der Waals surface area contributed by atoms with Crippen molar-refractivity contribution in [1.29, 1.82) is 0 Å². The van der Waals surface area contributed by atoms with Crippen molar-refractivity contribution in [1.82, 2.24) is 5.32 Å². The maximum atomic E-state index is 11.5. The first-order chi connectivity index (χ1) is 7.76. The lowest BCUT2D eigenvalue weighted by Gasteiger charge is -2.14. The summed E-state index contributed by atoms with van der Waals surface area (Å²) >= 11 is 0. The highest BCUT2D eigenvalue weighted by Gasteiger charge is 2.21. The van der Waals surface area contributed by atoms with E-state index in [-0.39, 0.29) is 5.97 Å². The van der Waals surface area contributed by atoms with Gasteiger partial charge in [0.1, 0.15) is 11.8 Å². The van der Waals surface area contributed by atoms with Gasteiger partial charge in [0.25, 0.3) is 0 Å². The first kappa shape index (κ1) is 11.0. The Morgan fingerprint density at radius 2 is 2.38 bits per heavy atom. The molecule has 0 saturated carbocycles. The van der Waals surface area contributed by atoms with Gasteiger partial charge in [0, 0.05) is 6.42 Å². The van der Waals surface area contributed by atoms with Gasteiger partial charge in [-0.25, -0.2) is 4.79 Å². The molecule has 1 aromatic carbocycles. The molecule has 2 rings (SSSR count). The molecule has 86 valence electrons. The molecule has 1 unspecified atom stereocenters. The Labute approximate surface area is 94.6 Å². The van der Waals surface area contributed by atoms with Crippen LogP contribution in [0.4, 0.5) is 0 Å². The summed E-state index contributed by atoms with van der Waals surface area (Å²) in [6.45, 7) is 0.723. The number of hydrogen-bond acceptors (Lipinski definition) is 4. The standard InChI is InChI=1S/C12H15NO3/c1-13-11(12(14)15-2)9-3-4-10-8(7-9)5-6-16-10/h3-4,7,11,13H,5-6H2,1-2H3. The Balaban J connectivity index is 2.29. The molecule has 0 spiro atoms. The topological polar surface area (TPSA) is 47.6 Å². The van der Waals surface area contributed by atoms with Crippen LogP contribution in [0.5, 0.6) is 5.75 Å². The largest absolute Gasteiger partial charge is 0.493 e. The van der Waals surface area contributed by atoms with E-state index in [1.807, 2.05) is 18.2 Å². The number of ether oxygens (including phenoxy) is 2. The quantitative estimate of drug-likeness (QED) is 0.775. The number of fused-ring (bicyclic) bond motifs is 1. The van der Waals surface area contributed by atoms with E-state index in [1.54, 1.807) is 7.05 Å². The van der Waals surface area contributed by atoms with Crippen molar-refractivity contribution in [3.8, 4) is 5.75 Å². The molecule has 1 aliphatic heterocycles. The van der Waals surface area contributed by atoms with Crippen LogP contribution in [0.3, 0.4) is 0 Å². The van der Waals surface area contributed by atoms with Crippen molar-refractivity contribution in [3.63, 3.8) is 0 Å². The van der Waals surface area contributed by atoms with Crippen molar-refractivity contribution in [2.24, 2.45) is 0 Å². The lowest BCUT2D eigenvalue weighted by Crippen LogP contribution is -2.26. The summed E-state index contributed by atoms with van der Waals surface area (Å²) in [5, 5.41) is 2.94. The van der Waals surface area contributed by atoms with E-state index in [4.69, 9.17) is 9.47 Å². The summed E-state index contributed by atoms with van der Waals surface area (Å²) in [6, 6.07) is 5.39. The summed E-state index contributed by atoms with van der Waals surface area (Å²) < 4.78 is 10.2. The third-order valence-corrected chi connectivity index (χ3v) is 2.77. The zero-order valence-corrected chi connectivity index (χ0v) is 9.45. The molecule has 0 fully saturated rings. The number of likely N-dealkylation sites (N-methyl/N-ethyl adjacent to an activating group) is 1. The zero-order chi connectivity index (χ0) is 11.5. The molecule has 0 saturated heterocycles. The summed E-state index contributed by atoms with van der Waals surface area (Å²) in [6.07, 6.45) is 0.904. The molecular weight excluding hydrogens is 206 g/mol. The molecule has 0 amide bonds. The van der Waals surface area contributed by atoms with E-state index >= 15 is 0 Å². The van der Waals surface area contributed by atoms with Gasteiger partial charge >= 0.3 is 5.97 Å². The minimum Gasteiger partial charge on any atom is -0.493 e. The first-order valence-electron chi connectivity index (χ1n) is 5.27. The maximum Gasteiger partial charge on any atom is 0.327 e. The molecule has 1 N–H and O–H groups in total. The van der Waals surface area contributed by atoms with Crippen LogP contribution in [0.2, 0.25) is 0 Å². The van der Waals surface area contributed by atoms with Gasteiger partial charge in [-0.05, 0) is 30.3 Å². The molecule has 1 aliphatic rings. The number of carbonyl (C=O) groups is 1. The van der Waals surface area contributed by atoms with Crippen molar-refractivity contribution in [3.05, 3.63) is 29.3 Å². The third-order valence-electron chi connectivity index (χ3n) is 2.77. The summed E-state index contributed by atoms with van der Waals surface area (Å²) in [5.74, 6) is 0.643. The Kier molecular flexibility index (Phi) is 3.10. The number of rotatable bonds is 3. The number of hydrogen-bond donors (Lipinski definition) is 1. The van der Waals surface area contributed by atoms with Crippen molar-refractivity contribution < 1.29 is 14.3 Å². The zero-order valence-electron chi connectivity index (χ0n) is 9.45. The fraction of sp³-hybridized carbons (Fsp3) is 0.417. The van der Waals surface area contributed by atoms with Crippen LogP contribution in [0.25, 0.3) is 0 Å².